The fraction of sp³-hybridized carbons (Fsp3) is 0.935. The predicted octanol–water partition coefficient (Wildman–Crippen LogP) is 17.0. The van der Waals surface area contributed by atoms with Crippen molar-refractivity contribution in [2.24, 2.45) is 5.92 Å². The van der Waals surface area contributed by atoms with Crippen molar-refractivity contribution in [2.45, 2.75) is 329 Å². The molecule has 0 aromatic rings. The molecular formula is C62H120O17P2. The van der Waals surface area contributed by atoms with Gasteiger partial charge in [0.05, 0.1) is 26.4 Å². The molecule has 0 saturated heterocycles. The van der Waals surface area contributed by atoms with Crippen LogP contribution in [-0.4, -0.2) is 96.7 Å². The molecule has 0 rings (SSSR count). The highest BCUT2D eigenvalue weighted by atomic mass is 31.2. The van der Waals surface area contributed by atoms with Crippen LogP contribution in [0.1, 0.15) is 311 Å². The van der Waals surface area contributed by atoms with E-state index in [2.05, 4.69) is 34.6 Å². The molecule has 0 radical (unpaired) electrons. The Bertz CT molecular complexity index is 1590. The van der Waals surface area contributed by atoms with Crippen LogP contribution in [0.25, 0.3) is 0 Å². The lowest BCUT2D eigenvalue weighted by molar-refractivity contribution is -0.161. The van der Waals surface area contributed by atoms with Crippen molar-refractivity contribution in [1.82, 2.24) is 0 Å². The SMILES string of the molecule is CCCCCCCCCCCCCCC(=O)O[C@H](COC(=O)CCCCCCCCC(C)CC)COP(=O)(O)OC[C@@H](O)COP(=O)(O)OC[C@@H](COC(=O)CCCCCCCCCCC)OC(=O)CCCCCCCCCCCC. The summed E-state index contributed by atoms with van der Waals surface area (Å²) in [5, 5.41) is 10.5. The van der Waals surface area contributed by atoms with Crippen molar-refractivity contribution in [2.75, 3.05) is 39.6 Å². The molecule has 3 N–H and O–H groups in total. The van der Waals surface area contributed by atoms with E-state index in [-0.39, 0.29) is 25.7 Å². The third-order valence-electron chi connectivity index (χ3n) is 14.6. The predicted molar refractivity (Wildman–Crippen MR) is 322 cm³/mol. The Morgan fingerprint density at radius 2 is 0.593 bits per heavy atom. The summed E-state index contributed by atoms with van der Waals surface area (Å²) < 4.78 is 67.9. The van der Waals surface area contributed by atoms with Crippen LogP contribution in [0.15, 0.2) is 0 Å². The molecule has 0 bridgehead atoms. The molecule has 81 heavy (non-hydrogen) atoms. The lowest BCUT2D eigenvalue weighted by Gasteiger charge is -2.21. The number of carbonyl (C=O) groups excluding carboxylic acids is 4. The van der Waals surface area contributed by atoms with E-state index in [1.54, 1.807) is 0 Å². The Morgan fingerprint density at radius 1 is 0.346 bits per heavy atom. The summed E-state index contributed by atoms with van der Waals surface area (Å²) in [4.78, 5) is 72.1. The number of aliphatic hydroxyl groups is 1. The average Bonchev–Trinajstić information content (AvgIpc) is 3.45. The highest BCUT2D eigenvalue weighted by Crippen LogP contribution is 2.45. The third-order valence-corrected chi connectivity index (χ3v) is 16.5. The first-order valence-corrected chi connectivity index (χ1v) is 35.7. The van der Waals surface area contributed by atoms with E-state index in [4.69, 9.17) is 37.0 Å². The number of carbonyl (C=O) groups is 4. The maximum absolute atomic E-state index is 12.9. The van der Waals surface area contributed by atoms with E-state index < -0.39 is 97.5 Å². The van der Waals surface area contributed by atoms with Crippen LogP contribution in [0, 0.1) is 5.92 Å². The Kier molecular flexibility index (Phi) is 54.6. The van der Waals surface area contributed by atoms with E-state index in [0.717, 1.165) is 102 Å². The van der Waals surface area contributed by atoms with Gasteiger partial charge in [0.15, 0.2) is 12.2 Å². The molecule has 0 heterocycles. The van der Waals surface area contributed by atoms with Gasteiger partial charge in [-0.3, -0.25) is 37.3 Å². The molecule has 480 valence electrons. The number of ether oxygens (including phenoxy) is 4. The first-order chi connectivity index (χ1) is 39.1. The number of phosphoric ester groups is 2. The summed E-state index contributed by atoms with van der Waals surface area (Å²) in [7, 11) is -9.88. The molecule has 0 aromatic heterocycles. The number of unbranched alkanes of at least 4 members (excludes halogenated alkanes) is 33. The summed E-state index contributed by atoms with van der Waals surface area (Å²) in [6, 6.07) is 0. The van der Waals surface area contributed by atoms with Gasteiger partial charge in [-0.05, 0) is 31.6 Å². The summed E-state index contributed by atoms with van der Waals surface area (Å²) in [6.45, 7) is 7.12. The maximum atomic E-state index is 12.9. The van der Waals surface area contributed by atoms with Gasteiger partial charge in [0.1, 0.15) is 19.3 Å². The van der Waals surface area contributed by atoms with Crippen LogP contribution < -0.4 is 0 Å². The monoisotopic (exact) mass is 1200 g/mol. The standard InChI is InChI=1S/C62H120O17P2/c1-6-10-13-16-19-22-24-25-28-31-38-43-48-62(67)79-58(52-73-60(65)46-41-36-33-32-34-39-44-55(5)9-4)54-77-81(70,71)75-50-56(63)49-74-80(68,69)76-53-57(51-72-59(64)45-40-35-29-26-21-18-15-12-8-3)78-61(66)47-42-37-30-27-23-20-17-14-11-7-2/h55-58,63H,6-54H2,1-5H3,(H,68,69)(H,70,71)/t55?,56-,57+,58+/m0/s1. The molecule has 0 fully saturated rings. The highest BCUT2D eigenvalue weighted by Gasteiger charge is 2.30. The zero-order valence-corrected chi connectivity index (χ0v) is 53.7. The first-order valence-electron chi connectivity index (χ1n) is 32.7. The molecule has 6 atom stereocenters. The normalized spacial score (nSPS) is 14.6. The average molecular weight is 1200 g/mol. The van der Waals surface area contributed by atoms with Gasteiger partial charge in [-0.15, -0.1) is 0 Å². The van der Waals surface area contributed by atoms with Gasteiger partial charge in [-0.2, -0.15) is 0 Å². The summed E-state index contributed by atoms with van der Waals surface area (Å²) >= 11 is 0. The van der Waals surface area contributed by atoms with Crippen LogP contribution in [0.5, 0.6) is 0 Å². The van der Waals surface area contributed by atoms with Crippen molar-refractivity contribution >= 4 is 39.5 Å². The van der Waals surface area contributed by atoms with E-state index in [1.165, 1.54) is 128 Å². The number of hydrogen-bond acceptors (Lipinski definition) is 15. The second-order valence-corrected chi connectivity index (χ2v) is 25.6. The van der Waals surface area contributed by atoms with E-state index in [1.807, 2.05) is 0 Å². The molecule has 0 saturated carbocycles. The van der Waals surface area contributed by atoms with Crippen LogP contribution >= 0.6 is 15.6 Å². The Labute approximate surface area is 492 Å². The Hall–Kier alpha value is -1.94. The fourth-order valence-electron chi connectivity index (χ4n) is 9.20. The smallest absolute Gasteiger partial charge is 0.462 e. The molecule has 0 aliphatic carbocycles. The number of rotatable bonds is 62. The van der Waals surface area contributed by atoms with Crippen LogP contribution in [-0.2, 0) is 65.4 Å². The molecule has 0 amide bonds. The fourth-order valence-corrected chi connectivity index (χ4v) is 10.8. The van der Waals surface area contributed by atoms with Gasteiger partial charge >= 0.3 is 39.5 Å². The Balaban J connectivity index is 5.24. The molecular weight excluding hydrogens is 1080 g/mol. The molecule has 0 aromatic carbocycles. The maximum Gasteiger partial charge on any atom is 0.472 e. The lowest BCUT2D eigenvalue weighted by Crippen LogP contribution is -2.30. The minimum Gasteiger partial charge on any atom is -0.462 e. The third kappa shape index (κ3) is 55.7. The number of aliphatic hydroxyl groups excluding tert-OH is 1. The number of hydrogen-bond donors (Lipinski definition) is 3. The second-order valence-electron chi connectivity index (χ2n) is 22.7. The molecule has 19 heteroatoms. The van der Waals surface area contributed by atoms with Crippen molar-refractivity contribution in [3.63, 3.8) is 0 Å². The molecule has 0 aliphatic heterocycles. The van der Waals surface area contributed by atoms with E-state index in [0.29, 0.717) is 25.7 Å². The summed E-state index contributed by atoms with van der Waals surface area (Å²) in [5.41, 5.74) is 0. The number of phosphoric acid groups is 2. The molecule has 0 spiro atoms. The van der Waals surface area contributed by atoms with Crippen molar-refractivity contribution in [3.05, 3.63) is 0 Å². The zero-order valence-electron chi connectivity index (χ0n) is 51.9. The minimum absolute atomic E-state index is 0.106. The van der Waals surface area contributed by atoms with Crippen LogP contribution in [0.2, 0.25) is 0 Å². The van der Waals surface area contributed by atoms with Crippen LogP contribution in [0.3, 0.4) is 0 Å². The van der Waals surface area contributed by atoms with Gasteiger partial charge in [0, 0.05) is 25.7 Å². The van der Waals surface area contributed by atoms with Crippen molar-refractivity contribution in [1.29, 1.82) is 0 Å². The summed E-state index contributed by atoms with van der Waals surface area (Å²) in [5.74, 6) is -1.40. The second kappa shape index (κ2) is 55.9. The van der Waals surface area contributed by atoms with Crippen molar-refractivity contribution < 1.29 is 80.2 Å². The minimum atomic E-state index is -4.94. The Morgan fingerprint density at radius 3 is 0.877 bits per heavy atom. The molecule has 0 aliphatic rings. The van der Waals surface area contributed by atoms with Gasteiger partial charge in [-0.25, -0.2) is 9.13 Å². The van der Waals surface area contributed by atoms with Crippen molar-refractivity contribution in [3.8, 4) is 0 Å². The molecule has 3 unspecified atom stereocenters. The summed E-state index contributed by atoms with van der Waals surface area (Å²) in [6.07, 6.45) is 38.8. The lowest BCUT2D eigenvalue weighted by atomic mass is 10.00. The highest BCUT2D eigenvalue weighted by molar-refractivity contribution is 7.47. The van der Waals surface area contributed by atoms with Gasteiger partial charge in [0.25, 0.3) is 0 Å². The largest absolute Gasteiger partial charge is 0.472 e. The van der Waals surface area contributed by atoms with Crippen LogP contribution in [0.4, 0.5) is 0 Å². The first kappa shape index (κ1) is 79.1. The van der Waals surface area contributed by atoms with E-state index >= 15 is 0 Å². The number of esters is 4. The quantitative estimate of drug-likeness (QED) is 0.0222. The topological polar surface area (TPSA) is 237 Å². The zero-order chi connectivity index (χ0) is 59.9. The van der Waals surface area contributed by atoms with Gasteiger partial charge in [0.2, 0.25) is 0 Å². The van der Waals surface area contributed by atoms with E-state index in [9.17, 15) is 43.2 Å². The van der Waals surface area contributed by atoms with Gasteiger partial charge < -0.3 is 33.8 Å². The van der Waals surface area contributed by atoms with Gasteiger partial charge in [-0.1, -0.05) is 259 Å². The molecule has 17 nitrogen and oxygen atoms in total.